The minimum absolute atomic E-state index is 0.0190. The fourth-order valence-electron chi connectivity index (χ4n) is 1.50. The highest BCUT2D eigenvalue weighted by Crippen LogP contribution is 2.22. The first kappa shape index (κ1) is 15.0. The highest BCUT2D eigenvalue weighted by Gasteiger charge is 2.17. The summed E-state index contributed by atoms with van der Waals surface area (Å²) in [5.41, 5.74) is 0.491. The van der Waals surface area contributed by atoms with Gasteiger partial charge in [-0.15, -0.1) is 10.2 Å². The number of nitro benzene ring substituents is 1. The molecule has 1 atom stereocenters. The number of non-ortho nitro benzene ring substituents is 1. The van der Waals surface area contributed by atoms with Gasteiger partial charge in [-0.25, -0.2) is 0 Å². The van der Waals surface area contributed by atoms with Crippen molar-refractivity contribution in [2.45, 2.75) is 17.3 Å². The molecule has 0 aliphatic carbocycles. The molecule has 1 N–H and O–H groups in total. The van der Waals surface area contributed by atoms with E-state index in [1.54, 1.807) is 24.9 Å². The molecule has 2 rings (SSSR count). The zero-order valence-corrected chi connectivity index (χ0v) is 12.2. The number of nitro groups is 1. The van der Waals surface area contributed by atoms with Crippen molar-refractivity contribution in [3.05, 3.63) is 40.7 Å². The summed E-state index contributed by atoms with van der Waals surface area (Å²) >= 11 is 1.28. The maximum atomic E-state index is 12.0. The summed E-state index contributed by atoms with van der Waals surface area (Å²) in [6.45, 7) is 1.75. The second-order valence-electron chi connectivity index (χ2n) is 4.28. The average molecular weight is 307 g/mol. The van der Waals surface area contributed by atoms with E-state index in [0.29, 0.717) is 10.8 Å². The number of hydrogen-bond donors (Lipinski definition) is 1. The van der Waals surface area contributed by atoms with Gasteiger partial charge in [0.1, 0.15) is 6.33 Å². The van der Waals surface area contributed by atoms with Gasteiger partial charge in [0, 0.05) is 24.9 Å². The molecule has 1 aromatic heterocycles. The minimum Gasteiger partial charge on any atom is -0.325 e. The van der Waals surface area contributed by atoms with Gasteiger partial charge in [-0.05, 0) is 19.1 Å². The molecule has 110 valence electrons. The maximum absolute atomic E-state index is 12.0. The van der Waals surface area contributed by atoms with E-state index >= 15 is 0 Å². The van der Waals surface area contributed by atoms with Crippen LogP contribution in [0.4, 0.5) is 11.4 Å². The monoisotopic (exact) mass is 307 g/mol. The Bertz CT molecular complexity index is 655. The van der Waals surface area contributed by atoms with Crippen LogP contribution in [0.15, 0.2) is 35.7 Å². The molecule has 1 aromatic carbocycles. The van der Waals surface area contributed by atoms with Crippen LogP contribution in [0.25, 0.3) is 0 Å². The van der Waals surface area contributed by atoms with E-state index in [9.17, 15) is 14.9 Å². The summed E-state index contributed by atoms with van der Waals surface area (Å²) in [6.07, 6.45) is 1.56. The number of carbonyl (C=O) groups is 1. The van der Waals surface area contributed by atoms with Crippen LogP contribution >= 0.6 is 11.8 Å². The lowest BCUT2D eigenvalue weighted by atomic mass is 10.3. The molecule has 0 saturated carbocycles. The molecule has 0 fully saturated rings. The Kier molecular flexibility index (Phi) is 4.53. The third-order valence-corrected chi connectivity index (χ3v) is 3.82. The molecule has 1 heterocycles. The van der Waals surface area contributed by atoms with E-state index in [1.807, 2.05) is 0 Å². The molecule has 8 nitrogen and oxygen atoms in total. The van der Waals surface area contributed by atoms with Gasteiger partial charge in [-0.1, -0.05) is 11.8 Å². The Labute approximate surface area is 124 Å². The number of thioether (sulfide) groups is 1. The SMILES string of the molecule is CC(Sc1nncn1C)C(=O)Nc1ccc([N+](=O)[O-])cc1. The molecule has 0 bridgehead atoms. The maximum Gasteiger partial charge on any atom is 0.269 e. The van der Waals surface area contributed by atoms with Crippen LogP contribution in [0.2, 0.25) is 0 Å². The lowest BCUT2D eigenvalue weighted by molar-refractivity contribution is -0.384. The van der Waals surface area contributed by atoms with Gasteiger partial charge in [-0.2, -0.15) is 0 Å². The fourth-order valence-corrected chi connectivity index (χ4v) is 2.29. The molecule has 0 radical (unpaired) electrons. The second-order valence-corrected chi connectivity index (χ2v) is 5.59. The third kappa shape index (κ3) is 3.78. The largest absolute Gasteiger partial charge is 0.325 e. The molecule has 21 heavy (non-hydrogen) atoms. The molecule has 0 aliphatic rings. The molecule has 0 aliphatic heterocycles. The summed E-state index contributed by atoms with van der Waals surface area (Å²) in [5.74, 6) is -0.211. The lowest BCUT2D eigenvalue weighted by Crippen LogP contribution is -2.22. The first-order valence-corrected chi connectivity index (χ1v) is 6.91. The topological polar surface area (TPSA) is 103 Å². The average Bonchev–Trinajstić information content (AvgIpc) is 2.84. The lowest BCUT2D eigenvalue weighted by Gasteiger charge is -2.11. The Morgan fingerprint density at radius 3 is 2.62 bits per heavy atom. The van der Waals surface area contributed by atoms with E-state index in [0.717, 1.165) is 0 Å². The molecule has 1 amide bonds. The number of amides is 1. The second kappa shape index (κ2) is 6.35. The number of aryl methyl sites for hydroxylation is 1. The molecule has 1 unspecified atom stereocenters. The number of benzene rings is 1. The van der Waals surface area contributed by atoms with Crippen LogP contribution in [-0.2, 0) is 11.8 Å². The number of hydrogen-bond acceptors (Lipinski definition) is 6. The van der Waals surface area contributed by atoms with E-state index < -0.39 is 4.92 Å². The molecular formula is C12H13N5O3S. The Morgan fingerprint density at radius 1 is 1.43 bits per heavy atom. The van der Waals surface area contributed by atoms with Crippen LogP contribution < -0.4 is 5.32 Å². The van der Waals surface area contributed by atoms with Crippen molar-refractivity contribution in [1.29, 1.82) is 0 Å². The van der Waals surface area contributed by atoms with Gasteiger partial charge in [0.05, 0.1) is 10.2 Å². The van der Waals surface area contributed by atoms with Crippen molar-refractivity contribution in [2.75, 3.05) is 5.32 Å². The molecular weight excluding hydrogens is 294 g/mol. The normalized spacial score (nSPS) is 11.9. The fraction of sp³-hybridized carbons (Fsp3) is 0.250. The van der Waals surface area contributed by atoms with Crippen molar-refractivity contribution in [1.82, 2.24) is 14.8 Å². The number of nitrogens with one attached hydrogen (secondary N) is 1. The van der Waals surface area contributed by atoms with Gasteiger partial charge in [0.2, 0.25) is 5.91 Å². The van der Waals surface area contributed by atoms with E-state index in [2.05, 4.69) is 15.5 Å². The highest BCUT2D eigenvalue weighted by molar-refractivity contribution is 8.00. The summed E-state index contributed by atoms with van der Waals surface area (Å²) in [6, 6.07) is 5.68. The van der Waals surface area contributed by atoms with Gasteiger partial charge in [0.25, 0.3) is 5.69 Å². The van der Waals surface area contributed by atoms with Gasteiger partial charge in [-0.3, -0.25) is 14.9 Å². The predicted molar refractivity (Wildman–Crippen MR) is 78.0 cm³/mol. The minimum atomic E-state index is -0.488. The van der Waals surface area contributed by atoms with Crippen molar-refractivity contribution in [3.63, 3.8) is 0 Å². The van der Waals surface area contributed by atoms with Crippen LogP contribution in [-0.4, -0.2) is 30.8 Å². The van der Waals surface area contributed by atoms with Crippen LogP contribution in [0.1, 0.15) is 6.92 Å². The van der Waals surface area contributed by atoms with Crippen molar-refractivity contribution in [2.24, 2.45) is 7.05 Å². The van der Waals surface area contributed by atoms with Gasteiger partial charge >= 0.3 is 0 Å². The molecule has 2 aromatic rings. The number of anilines is 1. The Hall–Kier alpha value is -2.42. The molecule has 9 heteroatoms. The molecule has 0 saturated heterocycles. The standard InChI is InChI=1S/C12H13N5O3S/c1-8(21-12-15-13-7-16(12)2)11(18)14-9-3-5-10(6-4-9)17(19)20/h3-8H,1-2H3,(H,14,18). The smallest absolute Gasteiger partial charge is 0.269 e. The van der Waals surface area contributed by atoms with Crippen molar-refractivity contribution < 1.29 is 9.72 Å². The van der Waals surface area contributed by atoms with E-state index in [1.165, 1.54) is 36.0 Å². The molecule has 0 spiro atoms. The number of aromatic nitrogens is 3. The van der Waals surface area contributed by atoms with Crippen molar-refractivity contribution in [3.8, 4) is 0 Å². The summed E-state index contributed by atoms with van der Waals surface area (Å²) in [7, 11) is 1.79. The Morgan fingerprint density at radius 2 is 2.10 bits per heavy atom. The summed E-state index contributed by atoms with van der Waals surface area (Å²) in [5, 5.41) is 21.2. The third-order valence-electron chi connectivity index (χ3n) is 2.67. The first-order chi connectivity index (χ1) is 9.97. The van der Waals surface area contributed by atoms with E-state index in [-0.39, 0.29) is 16.8 Å². The zero-order valence-electron chi connectivity index (χ0n) is 11.4. The quantitative estimate of drug-likeness (QED) is 0.513. The van der Waals surface area contributed by atoms with Crippen molar-refractivity contribution >= 4 is 29.0 Å². The number of rotatable bonds is 5. The van der Waals surface area contributed by atoms with E-state index in [4.69, 9.17) is 0 Å². The van der Waals surface area contributed by atoms with Gasteiger partial charge in [0.15, 0.2) is 5.16 Å². The predicted octanol–water partition coefficient (Wildman–Crippen LogP) is 1.84. The number of carbonyl (C=O) groups excluding carboxylic acids is 1. The van der Waals surface area contributed by atoms with Crippen LogP contribution in [0.3, 0.4) is 0 Å². The number of nitrogens with zero attached hydrogens (tertiary/aromatic N) is 4. The first-order valence-electron chi connectivity index (χ1n) is 6.03. The summed E-state index contributed by atoms with van der Waals surface area (Å²) < 4.78 is 1.72. The van der Waals surface area contributed by atoms with Gasteiger partial charge < -0.3 is 9.88 Å². The highest BCUT2D eigenvalue weighted by atomic mass is 32.2. The summed E-state index contributed by atoms with van der Waals surface area (Å²) in [4.78, 5) is 22.1. The Balaban J connectivity index is 1.97. The zero-order chi connectivity index (χ0) is 15.4. The van der Waals surface area contributed by atoms with Crippen LogP contribution in [0, 0.1) is 10.1 Å². The van der Waals surface area contributed by atoms with Crippen LogP contribution in [0.5, 0.6) is 0 Å².